The van der Waals surface area contributed by atoms with Crippen LogP contribution in [0, 0.1) is 92.7 Å². The number of hydrogen-bond donors (Lipinski definition) is 0. The van der Waals surface area contributed by atoms with Gasteiger partial charge in [0.05, 0.1) is 24.3 Å². The van der Waals surface area contributed by atoms with Crippen molar-refractivity contribution in [3.8, 4) is 24.3 Å². The number of rotatable bonds is 0. The first-order valence-corrected chi connectivity index (χ1v) is 8.28. The predicted molar refractivity (Wildman–Crippen MR) is 78.1 cm³/mol. The van der Waals surface area contributed by atoms with Crippen LogP contribution in [0.4, 0.5) is 0 Å². The summed E-state index contributed by atoms with van der Waals surface area (Å²) in [6, 6.07) is 9.32. The Morgan fingerprint density at radius 3 is 0.773 bits per heavy atom. The Morgan fingerprint density at radius 2 is 0.636 bits per heavy atom. The van der Waals surface area contributed by atoms with Crippen molar-refractivity contribution in [2.24, 2.45) is 47.3 Å². The van der Waals surface area contributed by atoms with E-state index >= 15 is 0 Å². The zero-order chi connectivity index (χ0) is 15.7. The van der Waals surface area contributed by atoms with Gasteiger partial charge in [-0.25, -0.2) is 0 Å². The first kappa shape index (κ1) is 14.9. The fourth-order valence-electron chi connectivity index (χ4n) is 5.18. The average molecular weight is 292 g/mol. The molecule has 0 aliphatic heterocycles. The second-order valence-electron chi connectivity index (χ2n) is 7.40. The van der Waals surface area contributed by atoms with Crippen molar-refractivity contribution < 1.29 is 0 Å². The third-order valence-corrected chi connectivity index (χ3v) is 6.38. The van der Waals surface area contributed by atoms with Crippen molar-refractivity contribution in [3.05, 3.63) is 0 Å². The summed E-state index contributed by atoms with van der Waals surface area (Å²) in [5, 5.41) is 34.9. The van der Waals surface area contributed by atoms with E-state index in [1.807, 2.05) is 0 Å². The Hall–Kier alpha value is -2.04. The summed E-state index contributed by atoms with van der Waals surface area (Å²) in [6.07, 6.45) is 6.21. The molecule has 22 heavy (non-hydrogen) atoms. The lowest BCUT2D eigenvalue weighted by Crippen LogP contribution is -2.14. The molecule has 0 N–H and O–H groups in total. The molecule has 4 fully saturated rings. The number of nitrogens with zero attached hydrogens (tertiary/aromatic N) is 4. The van der Waals surface area contributed by atoms with Crippen molar-refractivity contribution in [2.45, 2.75) is 38.5 Å². The quantitative estimate of drug-likeness (QED) is 0.683. The summed E-state index contributed by atoms with van der Waals surface area (Å²) in [7, 11) is 0. The lowest BCUT2D eigenvalue weighted by atomic mass is 9.84. The molecule has 4 rings (SSSR count). The Balaban J connectivity index is 0.000000131. The summed E-state index contributed by atoms with van der Waals surface area (Å²) < 4.78 is 0. The van der Waals surface area contributed by atoms with Crippen LogP contribution in [-0.2, 0) is 0 Å². The lowest BCUT2D eigenvalue weighted by molar-refractivity contribution is 0.347. The summed E-state index contributed by atoms with van der Waals surface area (Å²) in [4.78, 5) is 0. The van der Waals surface area contributed by atoms with Crippen LogP contribution in [0.5, 0.6) is 0 Å². The van der Waals surface area contributed by atoms with Gasteiger partial charge in [-0.2, -0.15) is 21.0 Å². The molecule has 4 aliphatic rings. The molecular formula is C18H20N4. The van der Waals surface area contributed by atoms with Crippen molar-refractivity contribution in [1.82, 2.24) is 0 Å². The monoisotopic (exact) mass is 292 g/mol. The SMILES string of the molecule is N#CC1CC2CC1CC2C#N.N#CC1CC2CC1CC2C#N. The second kappa shape index (κ2) is 5.99. The van der Waals surface area contributed by atoms with Gasteiger partial charge >= 0.3 is 0 Å². The normalized spacial score (nSPS) is 46.7. The van der Waals surface area contributed by atoms with E-state index in [9.17, 15) is 0 Å². The Bertz CT molecular complexity index is 493. The van der Waals surface area contributed by atoms with Gasteiger partial charge in [-0.3, -0.25) is 0 Å². The standard InChI is InChI=1S/2C9H10N2/c2*10-4-8-2-6-1-7(8)3-9(6)5-11/h2*6-9H,1-3H2. The summed E-state index contributed by atoms with van der Waals surface area (Å²) in [5.41, 5.74) is 0. The number of fused-ring (bicyclic) bond motifs is 4. The average Bonchev–Trinajstić information content (AvgIpc) is 3.32. The van der Waals surface area contributed by atoms with Crippen LogP contribution < -0.4 is 0 Å². The van der Waals surface area contributed by atoms with Crippen LogP contribution in [0.3, 0.4) is 0 Å². The van der Waals surface area contributed by atoms with Gasteiger partial charge in [0.25, 0.3) is 0 Å². The highest BCUT2D eigenvalue weighted by atomic mass is 14.5. The van der Waals surface area contributed by atoms with E-state index in [1.54, 1.807) is 0 Å². The van der Waals surface area contributed by atoms with E-state index in [0.717, 1.165) is 38.5 Å². The van der Waals surface area contributed by atoms with Gasteiger partial charge in [-0.1, -0.05) is 0 Å². The van der Waals surface area contributed by atoms with Crippen LogP contribution in [-0.4, -0.2) is 0 Å². The van der Waals surface area contributed by atoms with E-state index in [2.05, 4.69) is 24.3 Å². The molecule has 0 aromatic carbocycles. The van der Waals surface area contributed by atoms with Crippen molar-refractivity contribution in [1.29, 1.82) is 21.0 Å². The van der Waals surface area contributed by atoms with Crippen LogP contribution in [0.15, 0.2) is 0 Å². The van der Waals surface area contributed by atoms with Gasteiger partial charge in [0.2, 0.25) is 0 Å². The van der Waals surface area contributed by atoms with Crippen LogP contribution in [0.2, 0.25) is 0 Å². The van der Waals surface area contributed by atoms with E-state index in [-0.39, 0.29) is 23.7 Å². The van der Waals surface area contributed by atoms with Gasteiger partial charge < -0.3 is 0 Å². The first-order valence-electron chi connectivity index (χ1n) is 8.28. The van der Waals surface area contributed by atoms with Gasteiger partial charge in [-0.05, 0) is 62.2 Å². The molecule has 4 aliphatic carbocycles. The molecule has 0 amide bonds. The molecule has 0 radical (unpaired) electrons. The van der Waals surface area contributed by atoms with Gasteiger partial charge in [0, 0.05) is 23.7 Å². The molecule has 8 unspecified atom stereocenters. The Labute approximate surface area is 131 Å². The minimum absolute atomic E-state index is 0.268. The highest BCUT2D eigenvalue weighted by Gasteiger charge is 2.46. The smallest absolute Gasteiger partial charge is 0.0658 e. The highest BCUT2D eigenvalue weighted by Crippen LogP contribution is 2.51. The van der Waals surface area contributed by atoms with Crippen LogP contribution in [0.1, 0.15) is 38.5 Å². The molecule has 0 saturated heterocycles. The fraction of sp³-hybridized carbons (Fsp3) is 0.778. The van der Waals surface area contributed by atoms with E-state index in [1.165, 1.54) is 0 Å². The number of nitriles is 4. The van der Waals surface area contributed by atoms with Gasteiger partial charge in [-0.15, -0.1) is 0 Å². The molecule has 0 aromatic rings. The maximum atomic E-state index is 8.71. The minimum Gasteiger partial charge on any atom is -0.198 e. The maximum absolute atomic E-state index is 8.71. The molecule has 4 saturated carbocycles. The molecule has 112 valence electrons. The minimum atomic E-state index is 0.268. The summed E-state index contributed by atoms with van der Waals surface area (Å²) in [5.74, 6) is 3.27. The third-order valence-electron chi connectivity index (χ3n) is 6.38. The third kappa shape index (κ3) is 2.45. The van der Waals surface area contributed by atoms with E-state index in [0.29, 0.717) is 23.7 Å². The van der Waals surface area contributed by atoms with Gasteiger partial charge in [0.15, 0.2) is 0 Å². The molecule has 4 nitrogen and oxygen atoms in total. The predicted octanol–water partition coefficient (Wildman–Crippen LogP) is 3.39. The Morgan fingerprint density at radius 1 is 0.409 bits per heavy atom. The summed E-state index contributed by atoms with van der Waals surface area (Å²) >= 11 is 0. The first-order chi connectivity index (χ1) is 10.7. The Kier molecular flexibility index (Phi) is 4.05. The van der Waals surface area contributed by atoms with Crippen molar-refractivity contribution in [3.63, 3.8) is 0 Å². The zero-order valence-electron chi connectivity index (χ0n) is 12.7. The van der Waals surface area contributed by atoms with E-state index < -0.39 is 0 Å². The maximum Gasteiger partial charge on any atom is 0.0658 e. The molecule has 4 heteroatoms. The molecule has 0 heterocycles. The second-order valence-corrected chi connectivity index (χ2v) is 7.40. The highest BCUT2D eigenvalue weighted by molar-refractivity contribution is 5.08. The van der Waals surface area contributed by atoms with Crippen molar-refractivity contribution >= 4 is 0 Å². The summed E-state index contributed by atoms with van der Waals surface area (Å²) in [6.45, 7) is 0. The largest absolute Gasteiger partial charge is 0.198 e. The van der Waals surface area contributed by atoms with Crippen LogP contribution >= 0.6 is 0 Å². The molecular weight excluding hydrogens is 272 g/mol. The zero-order valence-corrected chi connectivity index (χ0v) is 12.7. The molecule has 8 atom stereocenters. The fourth-order valence-corrected chi connectivity index (χ4v) is 5.18. The van der Waals surface area contributed by atoms with Crippen molar-refractivity contribution in [2.75, 3.05) is 0 Å². The lowest BCUT2D eigenvalue weighted by Gasteiger charge is -2.17. The van der Waals surface area contributed by atoms with Gasteiger partial charge in [0.1, 0.15) is 0 Å². The topological polar surface area (TPSA) is 95.2 Å². The molecule has 0 aromatic heterocycles. The van der Waals surface area contributed by atoms with Crippen LogP contribution in [0.25, 0.3) is 0 Å². The number of hydrogen-bond acceptors (Lipinski definition) is 4. The molecule has 0 spiro atoms. The van der Waals surface area contributed by atoms with E-state index in [4.69, 9.17) is 21.0 Å². The molecule has 4 bridgehead atoms.